The number of carbonyl (C=O) groups excluding carboxylic acids is 1. The van der Waals surface area contributed by atoms with Crippen molar-refractivity contribution in [3.8, 4) is 5.75 Å². The maximum atomic E-state index is 11.4. The summed E-state index contributed by atoms with van der Waals surface area (Å²) < 4.78 is 5.19. The average Bonchev–Trinajstić information content (AvgIpc) is 2.47. The van der Waals surface area contributed by atoms with E-state index in [1.165, 1.54) is 11.8 Å². The monoisotopic (exact) mass is 291 g/mol. The molecule has 0 bridgehead atoms. The summed E-state index contributed by atoms with van der Waals surface area (Å²) >= 11 is 6.33. The molecule has 3 nitrogen and oxygen atoms in total. The minimum absolute atomic E-state index is 0.310. The summed E-state index contributed by atoms with van der Waals surface area (Å²) in [5.41, 5.74) is 2.07. The fourth-order valence-electron chi connectivity index (χ4n) is 2.07. The Morgan fingerprint density at radius 2 is 2.15 bits per heavy atom. The summed E-state index contributed by atoms with van der Waals surface area (Å²) in [7, 11) is 0. The van der Waals surface area contributed by atoms with Gasteiger partial charge in [-0.3, -0.25) is 9.78 Å². The van der Waals surface area contributed by atoms with Crippen LogP contribution in [0.2, 0.25) is 5.02 Å². The normalized spacial score (nSPS) is 10.8. The van der Waals surface area contributed by atoms with Gasteiger partial charge in [0.05, 0.1) is 16.7 Å². The van der Waals surface area contributed by atoms with Crippen LogP contribution in [-0.4, -0.2) is 11.0 Å². The van der Waals surface area contributed by atoms with Crippen LogP contribution in [-0.2, 0) is 11.2 Å². The van der Waals surface area contributed by atoms with E-state index >= 15 is 0 Å². The first-order valence-electron chi connectivity index (χ1n) is 6.94. The van der Waals surface area contributed by atoms with Gasteiger partial charge in [0.2, 0.25) is 0 Å². The fraction of sp³-hybridized carbons (Fsp3) is 0.375. The standard InChI is InChI=1S/C16H18ClNO2/c1-3-5-7-11-8-6-9-12-15(17)13(10-18-16(11)12)20-14(19)4-2/h6,8-10H,3-5,7H2,1-2H3. The highest BCUT2D eigenvalue weighted by Gasteiger charge is 2.12. The lowest BCUT2D eigenvalue weighted by atomic mass is 10.0. The maximum absolute atomic E-state index is 11.4. The number of fused-ring (bicyclic) bond motifs is 1. The number of pyridine rings is 1. The van der Waals surface area contributed by atoms with E-state index in [2.05, 4.69) is 18.0 Å². The van der Waals surface area contributed by atoms with E-state index < -0.39 is 0 Å². The maximum Gasteiger partial charge on any atom is 0.311 e. The van der Waals surface area contributed by atoms with E-state index in [1.807, 2.05) is 12.1 Å². The van der Waals surface area contributed by atoms with Gasteiger partial charge in [0, 0.05) is 11.8 Å². The number of esters is 1. The zero-order valence-corrected chi connectivity index (χ0v) is 12.5. The topological polar surface area (TPSA) is 39.2 Å². The second kappa shape index (κ2) is 6.71. The van der Waals surface area contributed by atoms with Gasteiger partial charge in [0.25, 0.3) is 0 Å². The molecule has 0 amide bonds. The molecule has 2 aromatic rings. The molecule has 0 spiro atoms. The van der Waals surface area contributed by atoms with Crippen molar-refractivity contribution in [2.75, 3.05) is 0 Å². The average molecular weight is 292 g/mol. The van der Waals surface area contributed by atoms with Crippen LogP contribution in [0.1, 0.15) is 38.7 Å². The third kappa shape index (κ3) is 3.10. The number of hydrogen-bond acceptors (Lipinski definition) is 3. The molecule has 0 saturated carbocycles. The van der Waals surface area contributed by atoms with Gasteiger partial charge in [-0.2, -0.15) is 0 Å². The van der Waals surface area contributed by atoms with E-state index in [1.54, 1.807) is 6.92 Å². The first-order valence-corrected chi connectivity index (χ1v) is 7.32. The first kappa shape index (κ1) is 14.8. The molecule has 0 saturated heterocycles. The summed E-state index contributed by atoms with van der Waals surface area (Å²) in [4.78, 5) is 15.8. The van der Waals surface area contributed by atoms with Crippen LogP contribution < -0.4 is 4.74 Å². The molecule has 1 aromatic heterocycles. The summed E-state index contributed by atoms with van der Waals surface area (Å²) in [6.07, 6.45) is 5.07. The summed E-state index contributed by atoms with van der Waals surface area (Å²) in [6, 6.07) is 5.94. The zero-order valence-electron chi connectivity index (χ0n) is 11.8. The molecule has 0 atom stereocenters. The lowest BCUT2D eigenvalue weighted by Gasteiger charge is -2.10. The van der Waals surface area contributed by atoms with Crippen LogP contribution in [0.5, 0.6) is 5.75 Å². The van der Waals surface area contributed by atoms with E-state index in [-0.39, 0.29) is 5.97 Å². The third-order valence-electron chi connectivity index (χ3n) is 3.20. The Balaban J connectivity index is 2.43. The van der Waals surface area contributed by atoms with Gasteiger partial charge in [0.15, 0.2) is 5.75 Å². The number of hydrogen-bond donors (Lipinski definition) is 0. The molecule has 0 aliphatic rings. The molecule has 0 aliphatic heterocycles. The summed E-state index contributed by atoms with van der Waals surface area (Å²) in [6.45, 7) is 3.90. The second-order valence-corrected chi connectivity index (χ2v) is 5.06. The number of rotatable bonds is 5. The Morgan fingerprint density at radius 3 is 2.85 bits per heavy atom. The minimum Gasteiger partial charge on any atom is -0.423 e. The van der Waals surface area contributed by atoms with Crippen molar-refractivity contribution >= 4 is 28.5 Å². The molecule has 0 unspecified atom stereocenters. The quantitative estimate of drug-likeness (QED) is 0.759. The molecular formula is C16H18ClNO2. The van der Waals surface area contributed by atoms with Gasteiger partial charge in [-0.15, -0.1) is 0 Å². The van der Waals surface area contributed by atoms with Gasteiger partial charge in [0.1, 0.15) is 0 Å². The smallest absolute Gasteiger partial charge is 0.311 e. The molecule has 20 heavy (non-hydrogen) atoms. The molecule has 0 fully saturated rings. The van der Waals surface area contributed by atoms with E-state index in [9.17, 15) is 4.79 Å². The number of unbranched alkanes of at least 4 members (excludes halogenated alkanes) is 1. The SMILES string of the molecule is CCCCc1cccc2c(Cl)c(OC(=O)CC)cnc12. The second-order valence-electron chi connectivity index (χ2n) is 4.68. The molecule has 0 radical (unpaired) electrons. The number of para-hydroxylation sites is 1. The molecule has 0 aliphatic carbocycles. The summed E-state index contributed by atoms with van der Waals surface area (Å²) in [5.74, 6) is 0.0221. The van der Waals surface area contributed by atoms with Gasteiger partial charge in [-0.05, 0) is 18.4 Å². The van der Waals surface area contributed by atoms with Crippen LogP contribution in [0, 0.1) is 0 Å². The van der Waals surface area contributed by atoms with Crippen molar-refractivity contribution in [3.63, 3.8) is 0 Å². The highest BCUT2D eigenvalue weighted by Crippen LogP contribution is 2.33. The van der Waals surface area contributed by atoms with Crippen LogP contribution >= 0.6 is 11.6 Å². The molecular weight excluding hydrogens is 274 g/mol. The molecule has 2 rings (SSSR count). The van der Waals surface area contributed by atoms with E-state index in [0.717, 1.165) is 30.2 Å². The third-order valence-corrected chi connectivity index (χ3v) is 3.59. The van der Waals surface area contributed by atoms with Crippen LogP contribution in [0.25, 0.3) is 10.9 Å². The molecule has 106 valence electrons. The van der Waals surface area contributed by atoms with Crippen molar-refractivity contribution < 1.29 is 9.53 Å². The van der Waals surface area contributed by atoms with Crippen molar-refractivity contribution in [2.24, 2.45) is 0 Å². The van der Waals surface area contributed by atoms with Crippen LogP contribution in [0.15, 0.2) is 24.4 Å². The molecule has 0 N–H and O–H groups in total. The molecule has 4 heteroatoms. The Kier molecular flexibility index (Phi) is 4.96. The largest absolute Gasteiger partial charge is 0.423 e. The number of halogens is 1. The molecule has 1 aromatic carbocycles. The van der Waals surface area contributed by atoms with Gasteiger partial charge < -0.3 is 4.74 Å². The number of aryl methyl sites for hydroxylation is 1. The molecule has 1 heterocycles. The van der Waals surface area contributed by atoms with Crippen LogP contribution in [0.3, 0.4) is 0 Å². The highest BCUT2D eigenvalue weighted by molar-refractivity contribution is 6.37. The lowest BCUT2D eigenvalue weighted by molar-refractivity contribution is -0.134. The van der Waals surface area contributed by atoms with Crippen molar-refractivity contribution in [3.05, 3.63) is 35.0 Å². The van der Waals surface area contributed by atoms with E-state index in [0.29, 0.717) is 17.2 Å². The van der Waals surface area contributed by atoms with Gasteiger partial charge >= 0.3 is 5.97 Å². The Labute approximate surface area is 123 Å². The predicted octanol–water partition coefficient (Wildman–Crippen LogP) is 4.55. The number of benzene rings is 1. The van der Waals surface area contributed by atoms with E-state index in [4.69, 9.17) is 16.3 Å². The zero-order chi connectivity index (χ0) is 14.5. The lowest BCUT2D eigenvalue weighted by Crippen LogP contribution is -2.06. The number of ether oxygens (including phenoxy) is 1. The fourth-order valence-corrected chi connectivity index (χ4v) is 2.31. The number of carbonyl (C=O) groups is 1. The Morgan fingerprint density at radius 1 is 1.35 bits per heavy atom. The van der Waals surface area contributed by atoms with Crippen molar-refractivity contribution in [1.82, 2.24) is 4.98 Å². The Bertz CT molecular complexity index is 625. The van der Waals surface area contributed by atoms with Gasteiger partial charge in [-0.25, -0.2) is 0 Å². The predicted molar refractivity (Wildman–Crippen MR) is 81.3 cm³/mol. The number of nitrogens with zero attached hydrogens (tertiary/aromatic N) is 1. The first-order chi connectivity index (χ1) is 9.67. The van der Waals surface area contributed by atoms with Crippen molar-refractivity contribution in [2.45, 2.75) is 39.5 Å². The minimum atomic E-state index is -0.310. The summed E-state index contributed by atoms with van der Waals surface area (Å²) in [5, 5.41) is 1.29. The highest BCUT2D eigenvalue weighted by atomic mass is 35.5. The van der Waals surface area contributed by atoms with Crippen molar-refractivity contribution in [1.29, 1.82) is 0 Å². The van der Waals surface area contributed by atoms with Crippen LogP contribution in [0.4, 0.5) is 0 Å². The Hall–Kier alpha value is -1.61. The number of aromatic nitrogens is 1. The van der Waals surface area contributed by atoms with Gasteiger partial charge in [-0.1, -0.05) is 50.1 Å².